The Labute approximate surface area is 156 Å². The molecule has 3 aromatic rings. The summed E-state index contributed by atoms with van der Waals surface area (Å²) in [5, 5.41) is 4.10. The predicted octanol–water partition coefficient (Wildman–Crippen LogP) is 4.29. The number of nitrogens with zero attached hydrogens (tertiary/aromatic N) is 3. The quantitative estimate of drug-likeness (QED) is 0.646. The van der Waals surface area contributed by atoms with Crippen LogP contribution in [0.4, 0.5) is 5.69 Å². The number of hydrogen-bond donors (Lipinski definition) is 0. The van der Waals surface area contributed by atoms with Gasteiger partial charge in [-0.05, 0) is 49.6 Å². The maximum atomic E-state index is 12.4. The Kier molecular flexibility index (Phi) is 4.51. The van der Waals surface area contributed by atoms with E-state index in [0.29, 0.717) is 24.7 Å². The van der Waals surface area contributed by atoms with E-state index in [4.69, 9.17) is 4.52 Å². The molecule has 1 aliphatic rings. The van der Waals surface area contributed by atoms with Crippen molar-refractivity contribution in [1.82, 2.24) is 10.1 Å². The number of carbonyl (C=O) groups is 1. The number of carbonyl (C=O) groups excluding carboxylic acids is 1. The van der Waals surface area contributed by atoms with Gasteiger partial charge in [0, 0.05) is 29.1 Å². The fourth-order valence-electron chi connectivity index (χ4n) is 3.11. The fraction of sp³-hybridized carbons (Fsp3) is 0.250. The highest BCUT2D eigenvalue weighted by Crippen LogP contribution is 2.32. The molecule has 0 spiro atoms. The number of amides is 1. The van der Waals surface area contributed by atoms with Crippen LogP contribution in [0.2, 0.25) is 0 Å². The summed E-state index contributed by atoms with van der Waals surface area (Å²) in [5.74, 6) is 1.10. The summed E-state index contributed by atoms with van der Waals surface area (Å²) in [5.41, 5.74) is 3.00. The summed E-state index contributed by atoms with van der Waals surface area (Å²) >= 11 is 1.69. The molecule has 0 N–H and O–H groups in total. The largest absolute Gasteiger partial charge is 0.339 e. The Morgan fingerprint density at radius 1 is 1.12 bits per heavy atom. The number of aromatic nitrogens is 2. The van der Waals surface area contributed by atoms with Crippen molar-refractivity contribution in [3.05, 3.63) is 60.0 Å². The van der Waals surface area contributed by atoms with Crippen molar-refractivity contribution in [3.63, 3.8) is 0 Å². The fourth-order valence-corrected chi connectivity index (χ4v) is 3.51. The lowest BCUT2D eigenvalue weighted by molar-refractivity contribution is -0.117. The summed E-state index contributed by atoms with van der Waals surface area (Å²) in [4.78, 5) is 19.9. The molecular formula is C20H19N3O2S. The van der Waals surface area contributed by atoms with Gasteiger partial charge in [-0.1, -0.05) is 22.9 Å². The first kappa shape index (κ1) is 16.8. The lowest BCUT2D eigenvalue weighted by Gasteiger charge is -2.16. The molecule has 132 valence electrons. The van der Waals surface area contributed by atoms with E-state index in [9.17, 15) is 4.79 Å². The molecule has 0 aliphatic carbocycles. The molecule has 0 saturated carbocycles. The van der Waals surface area contributed by atoms with E-state index in [0.717, 1.165) is 11.3 Å². The molecule has 2 aromatic carbocycles. The third kappa shape index (κ3) is 3.24. The minimum absolute atomic E-state index is 0.0736. The Bertz CT molecular complexity index is 919. The minimum Gasteiger partial charge on any atom is -0.339 e. The Morgan fingerprint density at radius 2 is 1.85 bits per heavy atom. The zero-order valence-corrected chi connectivity index (χ0v) is 15.5. The third-order valence-corrected chi connectivity index (χ3v) is 5.35. The number of rotatable bonds is 4. The van der Waals surface area contributed by atoms with Gasteiger partial charge in [0.1, 0.15) is 0 Å². The van der Waals surface area contributed by atoms with Crippen molar-refractivity contribution in [1.29, 1.82) is 0 Å². The summed E-state index contributed by atoms with van der Waals surface area (Å²) < 4.78 is 5.47. The van der Waals surface area contributed by atoms with Crippen molar-refractivity contribution in [2.24, 2.45) is 0 Å². The Balaban J connectivity index is 1.52. The van der Waals surface area contributed by atoms with Crippen LogP contribution in [0.15, 0.2) is 57.9 Å². The first-order valence-corrected chi connectivity index (χ1v) is 9.71. The molecule has 1 saturated heterocycles. The first-order valence-electron chi connectivity index (χ1n) is 8.49. The van der Waals surface area contributed by atoms with Crippen LogP contribution in [-0.4, -0.2) is 28.8 Å². The van der Waals surface area contributed by atoms with Gasteiger partial charge in [-0.3, -0.25) is 4.79 Å². The number of benzene rings is 2. The number of thioether (sulfide) groups is 1. The van der Waals surface area contributed by atoms with Gasteiger partial charge in [0.15, 0.2) is 0 Å². The van der Waals surface area contributed by atoms with Crippen LogP contribution in [0, 0.1) is 6.92 Å². The zero-order chi connectivity index (χ0) is 18.1. The van der Waals surface area contributed by atoms with Gasteiger partial charge in [-0.15, -0.1) is 11.8 Å². The van der Waals surface area contributed by atoms with Crippen LogP contribution in [0.25, 0.3) is 11.4 Å². The molecule has 4 rings (SSSR count). The van der Waals surface area contributed by atoms with Crippen molar-refractivity contribution in [2.75, 3.05) is 17.7 Å². The number of aryl methyl sites for hydroxylation is 1. The minimum atomic E-state index is -0.0736. The molecule has 5 nitrogen and oxygen atoms in total. The smallest absolute Gasteiger partial charge is 0.232 e. The van der Waals surface area contributed by atoms with Crippen molar-refractivity contribution < 1.29 is 9.32 Å². The van der Waals surface area contributed by atoms with E-state index in [2.05, 4.69) is 10.1 Å². The molecule has 1 atom stereocenters. The Morgan fingerprint density at radius 3 is 2.54 bits per heavy atom. The highest BCUT2D eigenvalue weighted by molar-refractivity contribution is 7.98. The van der Waals surface area contributed by atoms with Gasteiger partial charge in [0.25, 0.3) is 0 Å². The maximum Gasteiger partial charge on any atom is 0.232 e. The van der Waals surface area contributed by atoms with E-state index in [1.807, 2.05) is 61.7 Å². The lowest BCUT2D eigenvalue weighted by Crippen LogP contribution is -2.24. The second-order valence-electron chi connectivity index (χ2n) is 6.43. The second-order valence-corrected chi connectivity index (χ2v) is 7.31. The van der Waals surface area contributed by atoms with Crippen LogP contribution in [0.1, 0.15) is 23.8 Å². The van der Waals surface area contributed by atoms with Crippen molar-refractivity contribution in [2.45, 2.75) is 24.2 Å². The lowest BCUT2D eigenvalue weighted by atomic mass is 10.1. The Hall–Kier alpha value is -2.60. The van der Waals surface area contributed by atoms with Gasteiger partial charge >= 0.3 is 0 Å². The molecule has 2 heterocycles. The van der Waals surface area contributed by atoms with Gasteiger partial charge < -0.3 is 9.42 Å². The summed E-state index contributed by atoms with van der Waals surface area (Å²) in [6.45, 7) is 2.60. The van der Waals surface area contributed by atoms with Gasteiger partial charge in [-0.25, -0.2) is 0 Å². The molecule has 6 heteroatoms. The summed E-state index contributed by atoms with van der Waals surface area (Å²) in [6.07, 6.45) is 2.43. The van der Waals surface area contributed by atoms with Gasteiger partial charge in [0.2, 0.25) is 17.6 Å². The van der Waals surface area contributed by atoms with E-state index in [1.54, 1.807) is 16.7 Å². The monoisotopic (exact) mass is 365 g/mol. The van der Waals surface area contributed by atoms with Crippen LogP contribution in [0.3, 0.4) is 0 Å². The summed E-state index contributed by atoms with van der Waals surface area (Å²) in [7, 11) is 0. The molecule has 0 radical (unpaired) electrons. The topological polar surface area (TPSA) is 59.2 Å². The highest BCUT2D eigenvalue weighted by atomic mass is 32.2. The van der Waals surface area contributed by atoms with Gasteiger partial charge in [-0.2, -0.15) is 4.98 Å². The average Bonchev–Trinajstić information content (AvgIpc) is 3.29. The molecular weight excluding hydrogens is 346 g/mol. The first-order chi connectivity index (χ1) is 12.6. The second kappa shape index (κ2) is 6.96. The van der Waals surface area contributed by atoms with E-state index >= 15 is 0 Å². The molecule has 26 heavy (non-hydrogen) atoms. The third-order valence-electron chi connectivity index (χ3n) is 4.61. The molecule has 1 aromatic heterocycles. The predicted molar refractivity (Wildman–Crippen MR) is 102 cm³/mol. The maximum absolute atomic E-state index is 12.4. The van der Waals surface area contributed by atoms with Crippen LogP contribution < -0.4 is 4.90 Å². The standard InChI is InChI=1S/C20H19N3O2S/c1-13-3-7-16(8-4-13)23-12-15(11-18(23)24)20-21-19(22-25-20)14-5-9-17(26-2)10-6-14/h3-10,15H,11-12H2,1-2H3. The zero-order valence-electron chi connectivity index (χ0n) is 14.7. The van der Waals surface area contributed by atoms with Gasteiger partial charge in [0.05, 0.1) is 5.92 Å². The molecule has 1 amide bonds. The van der Waals surface area contributed by atoms with Crippen LogP contribution >= 0.6 is 11.8 Å². The molecule has 1 aliphatic heterocycles. The molecule has 0 bridgehead atoms. The van der Waals surface area contributed by atoms with Crippen molar-refractivity contribution >= 4 is 23.4 Å². The molecule has 1 fully saturated rings. The highest BCUT2D eigenvalue weighted by Gasteiger charge is 2.35. The summed E-state index contributed by atoms with van der Waals surface area (Å²) in [6, 6.07) is 16.0. The molecule has 1 unspecified atom stereocenters. The number of hydrogen-bond acceptors (Lipinski definition) is 5. The van der Waals surface area contributed by atoms with E-state index in [1.165, 1.54) is 10.5 Å². The van der Waals surface area contributed by atoms with E-state index in [-0.39, 0.29) is 11.8 Å². The van der Waals surface area contributed by atoms with Crippen molar-refractivity contribution in [3.8, 4) is 11.4 Å². The number of anilines is 1. The SMILES string of the molecule is CSc1ccc(-c2noc(C3CC(=O)N(c4ccc(C)cc4)C3)n2)cc1. The normalized spacial score (nSPS) is 17.1. The van der Waals surface area contributed by atoms with E-state index < -0.39 is 0 Å². The average molecular weight is 365 g/mol. The van der Waals surface area contributed by atoms with Crippen LogP contribution in [0.5, 0.6) is 0 Å². The van der Waals surface area contributed by atoms with Crippen LogP contribution in [-0.2, 0) is 4.79 Å².